The number of benzene rings is 1. The lowest BCUT2D eigenvalue weighted by molar-refractivity contribution is 0.314. The number of fused-ring (bicyclic) bond motifs is 1. The fourth-order valence-electron chi connectivity index (χ4n) is 3.29. The van der Waals surface area contributed by atoms with E-state index in [0.717, 1.165) is 31.3 Å². The van der Waals surface area contributed by atoms with E-state index >= 15 is 0 Å². The number of aromatic nitrogens is 1. The van der Waals surface area contributed by atoms with Crippen LogP contribution in [-0.2, 0) is 6.42 Å². The molecule has 3 nitrogen and oxygen atoms in total. The van der Waals surface area contributed by atoms with E-state index in [1.54, 1.807) is 0 Å². The highest BCUT2D eigenvalue weighted by atomic mass is 14.9. The zero-order valence-electron chi connectivity index (χ0n) is 12.3. The van der Waals surface area contributed by atoms with Crippen LogP contribution in [0.2, 0.25) is 0 Å². The fraction of sp³-hybridized carbons (Fsp3) is 0.444. The maximum absolute atomic E-state index is 9.22. The van der Waals surface area contributed by atoms with Gasteiger partial charge in [0.15, 0.2) is 0 Å². The molecule has 0 amide bonds. The van der Waals surface area contributed by atoms with Gasteiger partial charge in [-0.2, -0.15) is 5.26 Å². The summed E-state index contributed by atoms with van der Waals surface area (Å²) in [5.74, 6) is 0.185. The van der Waals surface area contributed by atoms with Gasteiger partial charge in [0, 0.05) is 17.6 Å². The zero-order valence-corrected chi connectivity index (χ0v) is 12.3. The van der Waals surface area contributed by atoms with E-state index in [-0.39, 0.29) is 5.92 Å². The molecule has 1 aliphatic carbocycles. The Bertz CT molecular complexity index is 639. The van der Waals surface area contributed by atoms with Crippen LogP contribution in [0.1, 0.15) is 31.2 Å². The van der Waals surface area contributed by atoms with E-state index in [1.165, 1.54) is 23.8 Å². The highest BCUT2D eigenvalue weighted by Gasteiger charge is 2.23. The van der Waals surface area contributed by atoms with Crippen molar-refractivity contribution in [2.45, 2.75) is 38.1 Å². The van der Waals surface area contributed by atoms with Gasteiger partial charge in [0.25, 0.3) is 0 Å². The first kappa shape index (κ1) is 14.0. The number of nitrogens with zero attached hydrogens (tertiary/aromatic N) is 2. The Morgan fingerprint density at radius 2 is 2.05 bits per heavy atom. The molecule has 1 N–H and O–H groups in total. The maximum atomic E-state index is 9.22. The normalized spacial score (nSPS) is 22.0. The largest absolute Gasteiger partial charge is 0.312 e. The summed E-state index contributed by atoms with van der Waals surface area (Å²) in [6, 6.07) is 13.3. The van der Waals surface area contributed by atoms with E-state index in [2.05, 4.69) is 40.6 Å². The molecule has 0 bridgehead atoms. The first-order valence-electron chi connectivity index (χ1n) is 7.84. The Kier molecular flexibility index (Phi) is 4.47. The van der Waals surface area contributed by atoms with Gasteiger partial charge >= 0.3 is 0 Å². The van der Waals surface area contributed by atoms with Crippen molar-refractivity contribution in [3.05, 3.63) is 42.1 Å². The molecule has 0 saturated heterocycles. The lowest BCUT2D eigenvalue weighted by atomic mass is 9.85. The Labute approximate surface area is 126 Å². The van der Waals surface area contributed by atoms with Crippen molar-refractivity contribution in [2.24, 2.45) is 5.92 Å². The van der Waals surface area contributed by atoms with Crippen LogP contribution in [0.15, 0.2) is 36.5 Å². The molecule has 1 aromatic carbocycles. The standard InChI is InChI=1S/C18H21N3/c19-13-16-5-1-2-9-17(16)20-12-10-15-7-3-6-14-8-4-11-21-18(14)15/h3-4,6-8,11,16-17,20H,1-2,5,9-10,12H2. The summed E-state index contributed by atoms with van der Waals surface area (Å²) < 4.78 is 0. The molecule has 1 aliphatic rings. The molecule has 3 heteroatoms. The van der Waals surface area contributed by atoms with E-state index in [0.29, 0.717) is 6.04 Å². The van der Waals surface area contributed by atoms with Crippen molar-refractivity contribution in [2.75, 3.05) is 6.54 Å². The summed E-state index contributed by atoms with van der Waals surface area (Å²) >= 11 is 0. The number of hydrogen-bond acceptors (Lipinski definition) is 3. The number of rotatable bonds is 4. The number of nitrogens with one attached hydrogen (secondary N) is 1. The number of hydrogen-bond donors (Lipinski definition) is 1. The van der Waals surface area contributed by atoms with Gasteiger partial charge in [-0.25, -0.2) is 0 Å². The average molecular weight is 279 g/mol. The van der Waals surface area contributed by atoms with Crippen LogP contribution in [0.4, 0.5) is 0 Å². The van der Waals surface area contributed by atoms with Crippen LogP contribution in [-0.4, -0.2) is 17.6 Å². The number of para-hydroxylation sites is 1. The molecule has 108 valence electrons. The molecule has 1 heterocycles. The summed E-state index contributed by atoms with van der Waals surface area (Å²) in [5.41, 5.74) is 2.38. The summed E-state index contributed by atoms with van der Waals surface area (Å²) in [4.78, 5) is 4.50. The highest BCUT2D eigenvalue weighted by Crippen LogP contribution is 2.24. The molecule has 0 radical (unpaired) electrons. The summed E-state index contributed by atoms with van der Waals surface area (Å²) in [7, 11) is 0. The molecule has 1 fully saturated rings. The minimum absolute atomic E-state index is 0.185. The Balaban J connectivity index is 1.63. The molecule has 0 spiro atoms. The minimum Gasteiger partial charge on any atom is -0.312 e. The van der Waals surface area contributed by atoms with Crippen molar-refractivity contribution < 1.29 is 0 Å². The van der Waals surface area contributed by atoms with E-state index in [1.807, 2.05) is 12.3 Å². The predicted molar refractivity (Wildman–Crippen MR) is 84.8 cm³/mol. The number of pyridine rings is 1. The fourth-order valence-corrected chi connectivity index (χ4v) is 3.29. The van der Waals surface area contributed by atoms with Gasteiger partial charge in [-0.05, 0) is 37.4 Å². The van der Waals surface area contributed by atoms with Crippen LogP contribution >= 0.6 is 0 Å². The summed E-state index contributed by atoms with van der Waals surface area (Å²) in [5, 5.41) is 14.0. The number of nitriles is 1. The van der Waals surface area contributed by atoms with Gasteiger partial charge in [0.1, 0.15) is 0 Å². The van der Waals surface area contributed by atoms with E-state index in [4.69, 9.17) is 0 Å². The van der Waals surface area contributed by atoms with Crippen molar-refractivity contribution >= 4 is 10.9 Å². The van der Waals surface area contributed by atoms with Gasteiger partial charge in [-0.1, -0.05) is 37.1 Å². The third kappa shape index (κ3) is 3.22. The Morgan fingerprint density at radius 3 is 2.95 bits per heavy atom. The lowest BCUT2D eigenvalue weighted by Crippen LogP contribution is -2.38. The van der Waals surface area contributed by atoms with Crippen molar-refractivity contribution in [3.8, 4) is 6.07 Å². The molecule has 3 rings (SSSR count). The molecule has 1 aromatic heterocycles. The minimum atomic E-state index is 0.185. The van der Waals surface area contributed by atoms with Crippen LogP contribution in [0.5, 0.6) is 0 Å². The maximum Gasteiger partial charge on any atom is 0.0734 e. The molecule has 2 aromatic rings. The Morgan fingerprint density at radius 1 is 1.19 bits per heavy atom. The van der Waals surface area contributed by atoms with Gasteiger partial charge in [-0.3, -0.25) is 4.98 Å². The first-order valence-corrected chi connectivity index (χ1v) is 7.84. The van der Waals surface area contributed by atoms with Gasteiger partial charge in [0.2, 0.25) is 0 Å². The quantitative estimate of drug-likeness (QED) is 0.932. The van der Waals surface area contributed by atoms with Crippen LogP contribution in [0, 0.1) is 17.2 Å². The molecule has 21 heavy (non-hydrogen) atoms. The molecular formula is C18H21N3. The van der Waals surface area contributed by atoms with Gasteiger partial charge < -0.3 is 5.32 Å². The molecule has 1 saturated carbocycles. The van der Waals surface area contributed by atoms with Crippen LogP contribution in [0.3, 0.4) is 0 Å². The predicted octanol–water partition coefficient (Wildman–Crippen LogP) is 3.45. The third-order valence-corrected chi connectivity index (χ3v) is 4.45. The molecular weight excluding hydrogens is 258 g/mol. The second kappa shape index (κ2) is 6.69. The van der Waals surface area contributed by atoms with Crippen molar-refractivity contribution in [1.29, 1.82) is 5.26 Å². The van der Waals surface area contributed by atoms with Crippen LogP contribution in [0.25, 0.3) is 10.9 Å². The monoisotopic (exact) mass is 279 g/mol. The smallest absolute Gasteiger partial charge is 0.0734 e. The summed E-state index contributed by atoms with van der Waals surface area (Å²) in [6.07, 6.45) is 7.43. The van der Waals surface area contributed by atoms with Crippen molar-refractivity contribution in [3.63, 3.8) is 0 Å². The van der Waals surface area contributed by atoms with E-state index in [9.17, 15) is 5.26 Å². The highest BCUT2D eigenvalue weighted by molar-refractivity contribution is 5.81. The third-order valence-electron chi connectivity index (χ3n) is 4.45. The van der Waals surface area contributed by atoms with Gasteiger partial charge in [-0.15, -0.1) is 0 Å². The first-order chi connectivity index (χ1) is 10.4. The molecule has 2 atom stereocenters. The summed E-state index contributed by atoms with van der Waals surface area (Å²) in [6.45, 7) is 0.915. The SMILES string of the molecule is N#CC1CCCCC1NCCc1cccc2cccnc12. The second-order valence-electron chi connectivity index (χ2n) is 5.82. The second-order valence-corrected chi connectivity index (χ2v) is 5.82. The lowest BCUT2D eigenvalue weighted by Gasteiger charge is -2.27. The topological polar surface area (TPSA) is 48.7 Å². The zero-order chi connectivity index (χ0) is 14.5. The Hall–Kier alpha value is -1.92. The van der Waals surface area contributed by atoms with Crippen molar-refractivity contribution in [1.82, 2.24) is 10.3 Å². The van der Waals surface area contributed by atoms with Crippen LogP contribution < -0.4 is 5.32 Å². The van der Waals surface area contributed by atoms with Gasteiger partial charge in [0.05, 0.1) is 17.5 Å². The molecule has 2 unspecified atom stereocenters. The molecule has 0 aliphatic heterocycles. The van der Waals surface area contributed by atoms with E-state index < -0.39 is 0 Å². The average Bonchev–Trinajstić information content (AvgIpc) is 2.55.